The zero-order valence-corrected chi connectivity index (χ0v) is 11.8. The molecule has 17 heavy (non-hydrogen) atoms. The maximum atomic E-state index is 11.7. The molecule has 2 nitrogen and oxygen atoms in total. The van der Waals surface area contributed by atoms with Crippen LogP contribution in [-0.4, -0.2) is 12.6 Å². The first-order valence-corrected chi connectivity index (χ1v) is 6.78. The quantitative estimate of drug-likeness (QED) is 0.381. The van der Waals surface area contributed by atoms with E-state index in [1.165, 1.54) is 19.3 Å². The topological polar surface area (TPSA) is 26.3 Å². The lowest BCUT2D eigenvalue weighted by molar-refractivity contribution is -0.151. The Bertz CT molecular complexity index is 272. The van der Waals surface area contributed by atoms with Crippen LogP contribution in [0.2, 0.25) is 0 Å². The van der Waals surface area contributed by atoms with E-state index in [-0.39, 0.29) is 5.97 Å². The van der Waals surface area contributed by atoms with Crippen LogP contribution in [0, 0.1) is 17.3 Å². The Morgan fingerprint density at radius 3 is 2.41 bits per heavy atom. The first-order chi connectivity index (χ1) is 8.10. The molecule has 0 radical (unpaired) electrons. The molecule has 0 amide bonds. The molecular weight excluding hydrogens is 212 g/mol. The van der Waals surface area contributed by atoms with E-state index in [0.717, 1.165) is 12.8 Å². The van der Waals surface area contributed by atoms with E-state index in [4.69, 9.17) is 4.74 Å². The third-order valence-electron chi connectivity index (χ3n) is 2.95. The zero-order chi connectivity index (χ0) is 13.1. The lowest BCUT2D eigenvalue weighted by Crippen LogP contribution is -2.27. The SMILES string of the molecule is CCCCCCC#CC(C)(CC)C(=O)OCC. The van der Waals surface area contributed by atoms with Gasteiger partial charge in [0.1, 0.15) is 5.41 Å². The number of rotatable bonds is 7. The van der Waals surface area contributed by atoms with E-state index in [2.05, 4.69) is 18.8 Å². The number of esters is 1. The first kappa shape index (κ1) is 16.0. The van der Waals surface area contributed by atoms with Crippen LogP contribution in [0.3, 0.4) is 0 Å². The van der Waals surface area contributed by atoms with Crippen molar-refractivity contribution in [3.05, 3.63) is 0 Å². The first-order valence-electron chi connectivity index (χ1n) is 6.78. The van der Waals surface area contributed by atoms with Crippen molar-refractivity contribution >= 4 is 5.97 Å². The fourth-order valence-electron chi connectivity index (χ4n) is 1.47. The molecule has 0 heterocycles. The summed E-state index contributed by atoms with van der Waals surface area (Å²) in [5.74, 6) is 6.02. The van der Waals surface area contributed by atoms with Gasteiger partial charge in [0.25, 0.3) is 0 Å². The van der Waals surface area contributed by atoms with Crippen molar-refractivity contribution in [3.63, 3.8) is 0 Å². The highest BCUT2D eigenvalue weighted by molar-refractivity contribution is 5.80. The molecule has 0 bridgehead atoms. The minimum Gasteiger partial charge on any atom is -0.465 e. The van der Waals surface area contributed by atoms with Crippen LogP contribution in [-0.2, 0) is 9.53 Å². The van der Waals surface area contributed by atoms with Crippen molar-refractivity contribution in [3.8, 4) is 11.8 Å². The van der Waals surface area contributed by atoms with E-state index < -0.39 is 5.41 Å². The molecule has 0 spiro atoms. The molecule has 1 unspecified atom stereocenters. The molecule has 0 aromatic rings. The maximum Gasteiger partial charge on any atom is 0.323 e. The Morgan fingerprint density at radius 2 is 1.88 bits per heavy atom. The van der Waals surface area contributed by atoms with Crippen LogP contribution in [0.15, 0.2) is 0 Å². The van der Waals surface area contributed by atoms with Crippen molar-refractivity contribution < 1.29 is 9.53 Å². The lowest BCUT2D eigenvalue weighted by atomic mass is 9.88. The Kier molecular flexibility index (Phi) is 8.58. The molecule has 0 saturated carbocycles. The van der Waals surface area contributed by atoms with Gasteiger partial charge in [-0.2, -0.15) is 0 Å². The molecule has 0 aliphatic carbocycles. The van der Waals surface area contributed by atoms with Gasteiger partial charge >= 0.3 is 5.97 Å². The Morgan fingerprint density at radius 1 is 1.18 bits per heavy atom. The number of hydrogen-bond donors (Lipinski definition) is 0. The summed E-state index contributed by atoms with van der Waals surface area (Å²) in [5.41, 5.74) is -0.624. The third-order valence-corrected chi connectivity index (χ3v) is 2.95. The highest BCUT2D eigenvalue weighted by atomic mass is 16.5. The van der Waals surface area contributed by atoms with Gasteiger partial charge in [-0.25, -0.2) is 0 Å². The van der Waals surface area contributed by atoms with Gasteiger partial charge in [-0.3, -0.25) is 4.79 Å². The molecule has 0 rings (SSSR count). The standard InChI is InChI=1S/C15H26O2/c1-5-8-9-10-11-12-13-15(4,6-2)14(16)17-7-3/h5-11H2,1-4H3. The average Bonchev–Trinajstić information content (AvgIpc) is 2.33. The van der Waals surface area contributed by atoms with Gasteiger partial charge in [0.05, 0.1) is 6.61 Å². The highest BCUT2D eigenvalue weighted by Gasteiger charge is 2.30. The van der Waals surface area contributed by atoms with Crippen LogP contribution in [0.1, 0.15) is 66.2 Å². The fourth-order valence-corrected chi connectivity index (χ4v) is 1.47. The molecule has 0 aromatic heterocycles. The van der Waals surface area contributed by atoms with E-state index in [1.54, 1.807) is 0 Å². The van der Waals surface area contributed by atoms with Crippen LogP contribution in [0.4, 0.5) is 0 Å². The van der Waals surface area contributed by atoms with Gasteiger partial charge in [-0.05, 0) is 26.7 Å². The maximum absolute atomic E-state index is 11.7. The number of hydrogen-bond acceptors (Lipinski definition) is 2. The average molecular weight is 238 g/mol. The van der Waals surface area contributed by atoms with Gasteiger partial charge in [-0.1, -0.05) is 39.0 Å². The second-order valence-corrected chi connectivity index (χ2v) is 4.52. The summed E-state index contributed by atoms with van der Waals surface area (Å²) >= 11 is 0. The Balaban J connectivity index is 4.18. The molecule has 0 aromatic carbocycles. The second-order valence-electron chi connectivity index (χ2n) is 4.52. The number of carbonyl (C=O) groups is 1. The predicted octanol–water partition coefficient (Wildman–Crippen LogP) is 3.94. The van der Waals surface area contributed by atoms with Crippen LogP contribution in [0.5, 0.6) is 0 Å². The van der Waals surface area contributed by atoms with Gasteiger partial charge < -0.3 is 4.74 Å². The van der Waals surface area contributed by atoms with E-state index in [9.17, 15) is 4.79 Å². The second kappa shape index (κ2) is 9.10. The van der Waals surface area contributed by atoms with Crippen molar-refractivity contribution in [1.29, 1.82) is 0 Å². The van der Waals surface area contributed by atoms with Crippen molar-refractivity contribution in [1.82, 2.24) is 0 Å². The summed E-state index contributed by atoms with van der Waals surface area (Å²) in [7, 11) is 0. The smallest absolute Gasteiger partial charge is 0.323 e. The number of ether oxygens (including phenoxy) is 1. The fraction of sp³-hybridized carbons (Fsp3) is 0.800. The molecule has 0 saturated heterocycles. The summed E-state index contributed by atoms with van der Waals surface area (Å²) in [6.07, 6.45) is 6.45. The van der Waals surface area contributed by atoms with E-state index >= 15 is 0 Å². The minimum atomic E-state index is -0.624. The molecular formula is C15H26O2. The minimum absolute atomic E-state index is 0.191. The Hall–Kier alpha value is -0.970. The number of unbranched alkanes of at least 4 members (excludes halogenated alkanes) is 4. The largest absolute Gasteiger partial charge is 0.465 e. The molecule has 0 fully saturated rings. The number of carbonyl (C=O) groups excluding carboxylic acids is 1. The molecule has 0 aliphatic heterocycles. The summed E-state index contributed by atoms with van der Waals surface area (Å²) in [6.45, 7) is 8.28. The van der Waals surface area contributed by atoms with Gasteiger partial charge in [0, 0.05) is 6.42 Å². The van der Waals surface area contributed by atoms with Gasteiger partial charge in [0.2, 0.25) is 0 Å². The third kappa shape index (κ3) is 6.36. The van der Waals surface area contributed by atoms with Gasteiger partial charge in [-0.15, -0.1) is 5.92 Å². The highest BCUT2D eigenvalue weighted by Crippen LogP contribution is 2.22. The van der Waals surface area contributed by atoms with Crippen molar-refractivity contribution in [2.45, 2.75) is 66.2 Å². The molecule has 2 heteroatoms. The zero-order valence-electron chi connectivity index (χ0n) is 11.8. The summed E-state index contributed by atoms with van der Waals surface area (Å²) in [4.78, 5) is 11.7. The molecule has 0 N–H and O–H groups in total. The Labute approximate surface area is 106 Å². The van der Waals surface area contributed by atoms with E-state index in [1.807, 2.05) is 20.8 Å². The van der Waals surface area contributed by atoms with Crippen LogP contribution >= 0.6 is 0 Å². The van der Waals surface area contributed by atoms with Crippen molar-refractivity contribution in [2.75, 3.05) is 6.61 Å². The lowest BCUT2D eigenvalue weighted by Gasteiger charge is -2.18. The van der Waals surface area contributed by atoms with Gasteiger partial charge in [0.15, 0.2) is 0 Å². The molecule has 98 valence electrons. The summed E-state index contributed by atoms with van der Waals surface area (Å²) in [6, 6.07) is 0. The van der Waals surface area contributed by atoms with Crippen LogP contribution < -0.4 is 0 Å². The molecule has 0 aliphatic rings. The van der Waals surface area contributed by atoms with Crippen molar-refractivity contribution in [2.24, 2.45) is 5.41 Å². The van der Waals surface area contributed by atoms with E-state index in [0.29, 0.717) is 13.0 Å². The monoisotopic (exact) mass is 238 g/mol. The summed E-state index contributed by atoms with van der Waals surface area (Å²) in [5, 5.41) is 0. The predicted molar refractivity (Wildman–Crippen MR) is 71.6 cm³/mol. The molecule has 1 atom stereocenters. The van der Waals surface area contributed by atoms with Crippen LogP contribution in [0.25, 0.3) is 0 Å². The normalized spacial score (nSPS) is 13.4. The summed E-state index contributed by atoms with van der Waals surface area (Å²) < 4.78 is 5.05.